The summed E-state index contributed by atoms with van der Waals surface area (Å²) in [6.45, 7) is 2.01. The maximum atomic E-state index is 11.3. The van der Waals surface area contributed by atoms with Crippen molar-refractivity contribution in [1.82, 2.24) is 5.16 Å². The van der Waals surface area contributed by atoms with E-state index >= 15 is 0 Å². The van der Waals surface area contributed by atoms with Crippen LogP contribution in [0.5, 0.6) is 5.75 Å². The fourth-order valence-corrected chi connectivity index (χ4v) is 3.18. The molecule has 7 heteroatoms. The van der Waals surface area contributed by atoms with E-state index in [-0.39, 0.29) is 5.75 Å². The predicted molar refractivity (Wildman–Crippen MR) is 96.9 cm³/mol. The average Bonchev–Trinajstić information content (AvgIpc) is 2.98. The van der Waals surface area contributed by atoms with Crippen LogP contribution >= 0.6 is 0 Å². The van der Waals surface area contributed by atoms with Crippen molar-refractivity contribution in [3.8, 4) is 28.3 Å². The molecule has 0 atom stereocenters. The van der Waals surface area contributed by atoms with Crippen LogP contribution in [-0.4, -0.2) is 24.9 Å². The van der Waals surface area contributed by atoms with Crippen molar-refractivity contribution in [3.05, 3.63) is 54.1 Å². The number of hydrogen-bond donors (Lipinski definition) is 2. The van der Waals surface area contributed by atoms with Gasteiger partial charge < -0.3 is 9.63 Å². The minimum Gasteiger partial charge on any atom is -0.508 e. The van der Waals surface area contributed by atoms with Crippen LogP contribution in [0.4, 0.5) is 5.69 Å². The fraction of sp³-hybridized carbons (Fsp3) is 0.167. The van der Waals surface area contributed by atoms with Crippen molar-refractivity contribution in [2.75, 3.05) is 11.0 Å². The molecule has 130 valence electrons. The molecule has 0 amide bonds. The normalized spacial score (nSPS) is 11.4. The van der Waals surface area contributed by atoms with Gasteiger partial charge in [-0.2, -0.15) is 0 Å². The summed E-state index contributed by atoms with van der Waals surface area (Å²) in [5.74, 6) is 0.843. The second kappa shape index (κ2) is 6.60. The Morgan fingerprint density at radius 3 is 2.20 bits per heavy atom. The minimum absolute atomic E-state index is 0.194. The number of nitrogens with one attached hydrogen (secondary N) is 1. The number of phenols is 1. The number of sulfonamides is 1. The maximum absolute atomic E-state index is 11.3. The first kappa shape index (κ1) is 17.0. The zero-order chi connectivity index (χ0) is 18.0. The molecule has 25 heavy (non-hydrogen) atoms. The molecule has 1 heterocycles. The van der Waals surface area contributed by atoms with Crippen LogP contribution in [-0.2, 0) is 16.4 Å². The van der Waals surface area contributed by atoms with Crippen LogP contribution in [0.25, 0.3) is 22.6 Å². The Morgan fingerprint density at radius 2 is 1.64 bits per heavy atom. The summed E-state index contributed by atoms with van der Waals surface area (Å²) in [5, 5.41) is 13.6. The Balaban J connectivity index is 1.96. The number of aromatic hydroxyl groups is 1. The zero-order valence-electron chi connectivity index (χ0n) is 13.9. The van der Waals surface area contributed by atoms with Crippen molar-refractivity contribution in [1.29, 1.82) is 0 Å². The molecule has 2 aromatic carbocycles. The third kappa shape index (κ3) is 3.83. The van der Waals surface area contributed by atoms with Gasteiger partial charge in [0.1, 0.15) is 11.4 Å². The number of anilines is 1. The quantitative estimate of drug-likeness (QED) is 0.726. The van der Waals surface area contributed by atoms with Gasteiger partial charge >= 0.3 is 0 Å². The second-order valence-electron chi connectivity index (χ2n) is 5.69. The number of aromatic nitrogens is 1. The summed E-state index contributed by atoms with van der Waals surface area (Å²) < 4.78 is 30.5. The Morgan fingerprint density at radius 1 is 1.04 bits per heavy atom. The molecule has 3 aromatic rings. The van der Waals surface area contributed by atoms with Crippen molar-refractivity contribution in [2.24, 2.45) is 0 Å². The lowest BCUT2D eigenvalue weighted by atomic mass is 10.0. The van der Waals surface area contributed by atoms with Gasteiger partial charge in [-0.05, 0) is 55.0 Å². The third-order valence-electron chi connectivity index (χ3n) is 3.73. The van der Waals surface area contributed by atoms with Gasteiger partial charge in [-0.25, -0.2) is 8.42 Å². The van der Waals surface area contributed by atoms with Gasteiger partial charge in [-0.3, -0.25) is 4.72 Å². The lowest BCUT2D eigenvalue weighted by Crippen LogP contribution is -2.09. The number of phenolic OH excluding ortho intramolecular Hbond substituents is 1. The van der Waals surface area contributed by atoms with Gasteiger partial charge in [0.15, 0.2) is 5.76 Å². The molecular weight excluding hydrogens is 340 g/mol. The van der Waals surface area contributed by atoms with E-state index in [9.17, 15) is 13.5 Å². The van der Waals surface area contributed by atoms with E-state index in [1.807, 2.05) is 6.92 Å². The summed E-state index contributed by atoms with van der Waals surface area (Å²) in [5.41, 5.74) is 3.85. The molecule has 0 bridgehead atoms. The maximum Gasteiger partial charge on any atom is 0.229 e. The van der Waals surface area contributed by atoms with Gasteiger partial charge in [0.05, 0.1) is 6.26 Å². The molecule has 0 radical (unpaired) electrons. The van der Waals surface area contributed by atoms with Crippen LogP contribution in [0, 0.1) is 0 Å². The van der Waals surface area contributed by atoms with Crippen LogP contribution in [0.1, 0.15) is 12.5 Å². The van der Waals surface area contributed by atoms with Crippen LogP contribution in [0.15, 0.2) is 53.1 Å². The average molecular weight is 358 g/mol. The largest absolute Gasteiger partial charge is 0.508 e. The summed E-state index contributed by atoms with van der Waals surface area (Å²) in [7, 11) is -3.31. The lowest BCUT2D eigenvalue weighted by Gasteiger charge is -2.05. The Hall–Kier alpha value is -2.80. The Bertz CT molecular complexity index is 975. The van der Waals surface area contributed by atoms with Crippen LogP contribution < -0.4 is 4.72 Å². The van der Waals surface area contributed by atoms with E-state index in [2.05, 4.69) is 9.88 Å². The minimum atomic E-state index is -3.31. The number of hydrogen-bond acceptors (Lipinski definition) is 5. The van der Waals surface area contributed by atoms with Crippen molar-refractivity contribution in [3.63, 3.8) is 0 Å². The van der Waals surface area contributed by atoms with Gasteiger partial charge in [0.2, 0.25) is 10.0 Å². The van der Waals surface area contributed by atoms with E-state index in [0.717, 1.165) is 35.1 Å². The second-order valence-corrected chi connectivity index (χ2v) is 7.44. The monoisotopic (exact) mass is 358 g/mol. The fourth-order valence-electron chi connectivity index (χ4n) is 2.61. The molecule has 0 aliphatic rings. The van der Waals surface area contributed by atoms with E-state index in [4.69, 9.17) is 4.52 Å². The lowest BCUT2D eigenvalue weighted by molar-refractivity contribution is 0.434. The van der Waals surface area contributed by atoms with Crippen molar-refractivity contribution in [2.45, 2.75) is 13.3 Å². The zero-order valence-corrected chi connectivity index (χ0v) is 14.7. The molecule has 0 spiro atoms. The summed E-state index contributed by atoms with van der Waals surface area (Å²) in [6.07, 6.45) is 1.83. The third-order valence-corrected chi connectivity index (χ3v) is 4.34. The molecule has 0 aliphatic heterocycles. The highest BCUT2D eigenvalue weighted by atomic mass is 32.2. The highest BCUT2D eigenvalue weighted by molar-refractivity contribution is 7.92. The van der Waals surface area contributed by atoms with Crippen LogP contribution in [0.2, 0.25) is 0 Å². The van der Waals surface area contributed by atoms with Gasteiger partial charge in [-0.15, -0.1) is 0 Å². The van der Waals surface area contributed by atoms with Crippen LogP contribution in [0.3, 0.4) is 0 Å². The number of rotatable bonds is 5. The first-order chi connectivity index (χ1) is 11.9. The number of nitrogens with zero attached hydrogens (tertiary/aromatic N) is 1. The Labute approximate surface area is 146 Å². The standard InChI is InChI=1S/C18H18N2O4S/c1-3-16-17(12-6-10-15(21)11-7-12)19-24-18(16)13-4-8-14(9-5-13)20-25(2,22)23/h4-11,20-21H,3H2,1-2H3. The first-order valence-electron chi connectivity index (χ1n) is 7.73. The van der Waals surface area contributed by atoms with Gasteiger partial charge in [-0.1, -0.05) is 12.1 Å². The molecule has 6 nitrogen and oxygen atoms in total. The molecule has 0 saturated heterocycles. The molecule has 2 N–H and O–H groups in total. The molecule has 0 fully saturated rings. The highest BCUT2D eigenvalue weighted by Gasteiger charge is 2.17. The molecule has 0 unspecified atom stereocenters. The van der Waals surface area contributed by atoms with E-state index in [1.165, 1.54) is 0 Å². The molecule has 0 aliphatic carbocycles. The summed E-state index contributed by atoms with van der Waals surface area (Å²) in [6, 6.07) is 13.7. The van der Waals surface area contributed by atoms with Crippen molar-refractivity contribution >= 4 is 15.7 Å². The SMILES string of the molecule is CCc1c(-c2ccc(O)cc2)noc1-c1ccc(NS(C)(=O)=O)cc1. The van der Waals surface area contributed by atoms with Crippen molar-refractivity contribution < 1.29 is 18.0 Å². The molecule has 3 rings (SSSR count). The summed E-state index contributed by atoms with van der Waals surface area (Å²) in [4.78, 5) is 0. The molecule has 1 aromatic heterocycles. The van der Waals surface area contributed by atoms with E-state index < -0.39 is 10.0 Å². The molecular formula is C18H18N2O4S. The van der Waals surface area contributed by atoms with E-state index in [1.54, 1.807) is 48.5 Å². The summed E-state index contributed by atoms with van der Waals surface area (Å²) >= 11 is 0. The Kier molecular flexibility index (Phi) is 4.50. The first-order valence-corrected chi connectivity index (χ1v) is 9.62. The highest BCUT2D eigenvalue weighted by Crippen LogP contribution is 2.33. The molecule has 0 saturated carbocycles. The van der Waals surface area contributed by atoms with Gasteiger partial charge in [0.25, 0.3) is 0 Å². The topological polar surface area (TPSA) is 92.4 Å². The van der Waals surface area contributed by atoms with E-state index in [0.29, 0.717) is 11.4 Å². The number of benzene rings is 2. The smallest absolute Gasteiger partial charge is 0.229 e. The van der Waals surface area contributed by atoms with Gasteiger partial charge in [0, 0.05) is 22.4 Å². The predicted octanol–water partition coefficient (Wildman–Crippen LogP) is 3.65.